The summed E-state index contributed by atoms with van der Waals surface area (Å²) in [7, 11) is 6.23. The molecule has 0 heterocycles. The van der Waals surface area contributed by atoms with E-state index in [0.717, 1.165) is 13.0 Å². The van der Waals surface area contributed by atoms with Crippen molar-refractivity contribution in [2.75, 3.05) is 33.0 Å². The zero-order valence-electron chi connectivity index (χ0n) is 10.3. The van der Waals surface area contributed by atoms with Gasteiger partial charge < -0.3 is 10.2 Å². The summed E-state index contributed by atoms with van der Waals surface area (Å²) in [6.45, 7) is 3.28. The van der Waals surface area contributed by atoms with E-state index in [9.17, 15) is 0 Å². The van der Waals surface area contributed by atoms with Crippen LogP contribution in [0.2, 0.25) is 0 Å². The van der Waals surface area contributed by atoms with Crippen LogP contribution < -0.4 is 5.32 Å². The SMILES string of the molecule is CNc1cc(C)ccc1CCCN(C)C. The Hall–Kier alpha value is -1.02. The Labute approximate surface area is 93.3 Å². The summed E-state index contributed by atoms with van der Waals surface area (Å²) in [6.07, 6.45) is 2.36. The molecule has 0 atom stereocenters. The van der Waals surface area contributed by atoms with Crippen LogP contribution in [0.4, 0.5) is 5.69 Å². The van der Waals surface area contributed by atoms with E-state index in [1.807, 2.05) is 7.05 Å². The number of benzene rings is 1. The molecule has 0 aromatic heterocycles. The van der Waals surface area contributed by atoms with Gasteiger partial charge in [-0.25, -0.2) is 0 Å². The molecular formula is C13H22N2. The molecule has 0 unspecified atom stereocenters. The lowest BCUT2D eigenvalue weighted by Gasteiger charge is -2.12. The van der Waals surface area contributed by atoms with Gasteiger partial charge in [-0.3, -0.25) is 0 Å². The third kappa shape index (κ3) is 3.92. The molecule has 1 N–H and O–H groups in total. The number of nitrogens with one attached hydrogen (secondary N) is 1. The molecule has 0 saturated heterocycles. The molecule has 0 amide bonds. The first-order valence-electron chi connectivity index (χ1n) is 5.55. The van der Waals surface area contributed by atoms with E-state index in [0.29, 0.717) is 0 Å². The van der Waals surface area contributed by atoms with Gasteiger partial charge in [-0.2, -0.15) is 0 Å². The maximum Gasteiger partial charge on any atom is 0.0372 e. The molecule has 0 spiro atoms. The molecule has 84 valence electrons. The quantitative estimate of drug-likeness (QED) is 0.796. The Kier molecular flexibility index (Phi) is 4.63. The van der Waals surface area contributed by atoms with E-state index in [2.05, 4.69) is 49.4 Å². The zero-order valence-corrected chi connectivity index (χ0v) is 10.3. The summed E-state index contributed by atoms with van der Waals surface area (Å²) < 4.78 is 0. The highest BCUT2D eigenvalue weighted by Gasteiger charge is 2.01. The molecule has 0 aliphatic heterocycles. The minimum Gasteiger partial charge on any atom is -0.388 e. The first-order valence-corrected chi connectivity index (χ1v) is 5.55. The predicted octanol–water partition coefficient (Wildman–Crippen LogP) is 2.53. The van der Waals surface area contributed by atoms with E-state index in [1.165, 1.54) is 23.2 Å². The van der Waals surface area contributed by atoms with Crippen molar-refractivity contribution in [2.45, 2.75) is 19.8 Å². The van der Waals surface area contributed by atoms with E-state index in [-0.39, 0.29) is 0 Å². The maximum atomic E-state index is 3.26. The average Bonchev–Trinajstić information content (AvgIpc) is 2.19. The summed E-state index contributed by atoms with van der Waals surface area (Å²) in [6, 6.07) is 6.63. The monoisotopic (exact) mass is 206 g/mol. The normalized spacial score (nSPS) is 10.7. The van der Waals surface area contributed by atoms with E-state index in [4.69, 9.17) is 0 Å². The Morgan fingerprint density at radius 3 is 2.60 bits per heavy atom. The van der Waals surface area contributed by atoms with Crippen molar-refractivity contribution in [3.05, 3.63) is 29.3 Å². The Bertz CT molecular complexity index is 305. The van der Waals surface area contributed by atoms with Crippen molar-refractivity contribution in [1.29, 1.82) is 0 Å². The van der Waals surface area contributed by atoms with Gasteiger partial charge in [0.25, 0.3) is 0 Å². The van der Waals surface area contributed by atoms with Gasteiger partial charge in [0.15, 0.2) is 0 Å². The van der Waals surface area contributed by atoms with Gasteiger partial charge in [0.1, 0.15) is 0 Å². The van der Waals surface area contributed by atoms with Crippen LogP contribution in [0.1, 0.15) is 17.5 Å². The molecule has 0 bridgehead atoms. The molecule has 0 aliphatic rings. The van der Waals surface area contributed by atoms with Crippen LogP contribution in [0.5, 0.6) is 0 Å². The minimum atomic E-state index is 1.15. The lowest BCUT2D eigenvalue weighted by atomic mass is 10.0. The van der Waals surface area contributed by atoms with Crippen molar-refractivity contribution in [3.63, 3.8) is 0 Å². The highest BCUT2D eigenvalue weighted by atomic mass is 15.0. The maximum absolute atomic E-state index is 3.26. The van der Waals surface area contributed by atoms with Gasteiger partial charge in [0.05, 0.1) is 0 Å². The molecule has 0 saturated carbocycles. The zero-order chi connectivity index (χ0) is 11.3. The van der Waals surface area contributed by atoms with Crippen LogP contribution in [-0.4, -0.2) is 32.6 Å². The second-order valence-electron chi connectivity index (χ2n) is 4.32. The lowest BCUT2D eigenvalue weighted by Crippen LogP contribution is -2.13. The van der Waals surface area contributed by atoms with Crippen LogP contribution in [0.15, 0.2) is 18.2 Å². The fraction of sp³-hybridized carbons (Fsp3) is 0.538. The highest BCUT2D eigenvalue weighted by Crippen LogP contribution is 2.18. The van der Waals surface area contributed by atoms with Crippen LogP contribution in [0.3, 0.4) is 0 Å². The van der Waals surface area contributed by atoms with Crippen molar-refractivity contribution in [3.8, 4) is 0 Å². The summed E-state index contributed by atoms with van der Waals surface area (Å²) in [4.78, 5) is 2.23. The molecule has 1 aromatic carbocycles. The van der Waals surface area contributed by atoms with Gasteiger partial charge in [-0.15, -0.1) is 0 Å². The molecule has 1 aromatic rings. The second-order valence-corrected chi connectivity index (χ2v) is 4.32. The van der Waals surface area contributed by atoms with Crippen LogP contribution in [0, 0.1) is 6.92 Å². The van der Waals surface area contributed by atoms with Gasteiger partial charge in [-0.1, -0.05) is 12.1 Å². The lowest BCUT2D eigenvalue weighted by molar-refractivity contribution is 0.400. The Balaban J connectivity index is 2.60. The standard InChI is InChI=1S/C13H22N2/c1-11-7-8-12(13(10-11)14-2)6-5-9-15(3)4/h7-8,10,14H,5-6,9H2,1-4H3. The molecule has 2 nitrogen and oxygen atoms in total. The van der Waals surface area contributed by atoms with E-state index >= 15 is 0 Å². The molecular weight excluding hydrogens is 184 g/mol. The van der Waals surface area contributed by atoms with Crippen LogP contribution >= 0.6 is 0 Å². The van der Waals surface area contributed by atoms with E-state index < -0.39 is 0 Å². The molecule has 0 radical (unpaired) electrons. The van der Waals surface area contributed by atoms with Gasteiger partial charge >= 0.3 is 0 Å². The highest BCUT2D eigenvalue weighted by molar-refractivity contribution is 5.52. The van der Waals surface area contributed by atoms with Crippen LogP contribution in [0.25, 0.3) is 0 Å². The van der Waals surface area contributed by atoms with Gasteiger partial charge in [-0.05, 0) is 57.6 Å². The van der Waals surface area contributed by atoms with Crippen molar-refractivity contribution >= 4 is 5.69 Å². The Morgan fingerprint density at radius 1 is 1.27 bits per heavy atom. The summed E-state index contributed by atoms with van der Waals surface area (Å²) in [5.41, 5.74) is 4.01. The summed E-state index contributed by atoms with van der Waals surface area (Å²) >= 11 is 0. The number of hydrogen-bond acceptors (Lipinski definition) is 2. The number of rotatable bonds is 5. The van der Waals surface area contributed by atoms with Crippen molar-refractivity contribution < 1.29 is 0 Å². The first-order chi connectivity index (χ1) is 7.13. The van der Waals surface area contributed by atoms with Crippen LogP contribution in [-0.2, 0) is 6.42 Å². The smallest absolute Gasteiger partial charge is 0.0372 e. The average molecular weight is 206 g/mol. The largest absolute Gasteiger partial charge is 0.388 e. The molecule has 1 rings (SSSR count). The summed E-state index contributed by atoms with van der Waals surface area (Å²) in [5.74, 6) is 0. The van der Waals surface area contributed by atoms with Crippen molar-refractivity contribution in [1.82, 2.24) is 4.90 Å². The molecule has 0 fully saturated rings. The number of anilines is 1. The Morgan fingerprint density at radius 2 is 2.00 bits per heavy atom. The molecule has 2 heteroatoms. The minimum absolute atomic E-state index is 1.15. The topological polar surface area (TPSA) is 15.3 Å². The predicted molar refractivity (Wildman–Crippen MR) is 67.6 cm³/mol. The second kappa shape index (κ2) is 5.76. The van der Waals surface area contributed by atoms with Crippen molar-refractivity contribution in [2.24, 2.45) is 0 Å². The van der Waals surface area contributed by atoms with Gasteiger partial charge in [0, 0.05) is 12.7 Å². The summed E-state index contributed by atoms with van der Waals surface area (Å²) in [5, 5.41) is 3.26. The third-order valence-corrected chi connectivity index (χ3v) is 2.59. The third-order valence-electron chi connectivity index (χ3n) is 2.59. The van der Waals surface area contributed by atoms with E-state index in [1.54, 1.807) is 0 Å². The fourth-order valence-corrected chi connectivity index (χ4v) is 1.73. The number of nitrogens with zero attached hydrogens (tertiary/aromatic N) is 1. The fourth-order valence-electron chi connectivity index (χ4n) is 1.73. The number of aryl methyl sites for hydroxylation is 2. The van der Waals surface area contributed by atoms with Gasteiger partial charge in [0.2, 0.25) is 0 Å². The first kappa shape index (κ1) is 12.1. The number of hydrogen-bond donors (Lipinski definition) is 1. The molecule has 15 heavy (non-hydrogen) atoms. The molecule has 0 aliphatic carbocycles.